The lowest BCUT2D eigenvalue weighted by molar-refractivity contribution is 0.185. The van der Waals surface area contributed by atoms with Crippen LogP contribution in [0.4, 0.5) is 11.6 Å². The Bertz CT molecular complexity index is 668. The molecular weight excluding hydrogens is 324 g/mol. The first kappa shape index (κ1) is 17.0. The maximum atomic E-state index is 5.90. The average Bonchev–Trinajstić information content (AvgIpc) is 3.08. The van der Waals surface area contributed by atoms with Crippen LogP contribution in [0.25, 0.3) is 0 Å². The summed E-state index contributed by atoms with van der Waals surface area (Å²) in [5.41, 5.74) is 5.90. The van der Waals surface area contributed by atoms with Gasteiger partial charge in [-0.3, -0.25) is 0 Å². The molecule has 3 rings (SSSR count). The Morgan fingerprint density at radius 2 is 2.12 bits per heavy atom. The zero-order valence-electron chi connectivity index (χ0n) is 14.2. The van der Waals surface area contributed by atoms with Gasteiger partial charge in [0.15, 0.2) is 5.16 Å². The van der Waals surface area contributed by atoms with Crippen LogP contribution in [0.3, 0.4) is 0 Å². The molecule has 1 saturated heterocycles. The number of ether oxygens (including phenoxy) is 1. The van der Waals surface area contributed by atoms with Gasteiger partial charge < -0.3 is 19.9 Å². The highest BCUT2D eigenvalue weighted by molar-refractivity contribution is 7.98. The van der Waals surface area contributed by atoms with E-state index in [4.69, 9.17) is 10.5 Å². The zero-order valence-corrected chi connectivity index (χ0v) is 15.0. The summed E-state index contributed by atoms with van der Waals surface area (Å²) in [6, 6.07) is 1.86. The van der Waals surface area contributed by atoms with E-state index in [0.717, 1.165) is 43.5 Å². The summed E-state index contributed by atoms with van der Waals surface area (Å²) < 4.78 is 7.39. The monoisotopic (exact) mass is 348 g/mol. The first-order valence-electron chi connectivity index (χ1n) is 8.14. The third kappa shape index (κ3) is 3.81. The number of hydrogen-bond acceptors (Lipinski definition) is 7. The van der Waals surface area contributed by atoms with Crippen molar-refractivity contribution < 1.29 is 4.74 Å². The minimum absolute atomic E-state index is 0.479. The molecular formula is C16H24N6OS. The molecule has 1 aliphatic rings. The number of methoxy groups -OCH3 is 1. The number of nitrogen functional groups attached to an aromatic ring is 1. The minimum atomic E-state index is 0.479. The van der Waals surface area contributed by atoms with E-state index in [9.17, 15) is 0 Å². The molecule has 8 heteroatoms. The molecule has 24 heavy (non-hydrogen) atoms. The van der Waals surface area contributed by atoms with Gasteiger partial charge in [-0.1, -0.05) is 11.8 Å². The molecule has 0 unspecified atom stereocenters. The Balaban J connectivity index is 1.66. The van der Waals surface area contributed by atoms with Gasteiger partial charge in [-0.15, -0.1) is 0 Å². The van der Waals surface area contributed by atoms with Crippen molar-refractivity contribution in [3.8, 4) is 0 Å². The number of imidazole rings is 1. The first-order valence-corrected chi connectivity index (χ1v) is 9.37. The zero-order chi connectivity index (χ0) is 16.9. The summed E-state index contributed by atoms with van der Waals surface area (Å²) >= 11 is 1.52. The Hall–Kier alpha value is -1.80. The van der Waals surface area contributed by atoms with E-state index in [-0.39, 0.29) is 0 Å². The molecule has 0 radical (unpaired) electrons. The molecule has 7 nitrogen and oxygen atoms in total. The third-order valence-corrected chi connectivity index (χ3v) is 4.91. The summed E-state index contributed by atoms with van der Waals surface area (Å²) in [4.78, 5) is 15.7. The second kappa shape index (κ2) is 7.85. The van der Waals surface area contributed by atoms with Crippen molar-refractivity contribution in [1.82, 2.24) is 19.5 Å². The number of piperidine rings is 1. The maximum Gasteiger partial charge on any atom is 0.191 e. The molecule has 2 aromatic rings. The van der Waals surface area contributed by atoms with Gasteiger partial charge in [0.25, 0.3) is 0 Å². The Morgan fingerprint density at radius 1 is 1.33 bits per heavy atom. The number of anilines is 2. The van der Waals surface area contributed by atoms with E-state index >= 15 is 0 Å². The van der Waals surface area contributed by atoms with Crippen molar-refractivity contribution in [2.24, 2.45) is 0 Å². The minimum Gasteiger partial charge on any atom is -0.383 e. The Kier molecular flexibility index (Phi) is 5.57. The van der Waals surface area contributed by atoms with Crippen LogP contribution in [0.1, 0.15) is 24.6 Å². The normalized spacial score (nSPS) is 15.8. The van der Waals surface area contributed by atoms with Crippen molar-refractivity contribution in [1.29, 1.82) is 0 Å². The highest BCUT2D eigenvalue weighted by Gasteiger charge is 2.25. The predicted molar refractivity (Wildman–Crippen MR) is 96.5 cm³/mol. The Labute approximate surface area is 146 Å². The van der Waals surface area contributed by atoms with Crippen molar-refractivity contribution in [2.75, 3.05) is 43.7 Å². The molecule has 0 amide bonds. The number of nitrogens with zero attached hydrogens (tertiary/aromatic N) is 5. The van der Waals surface area contributed by atoms with Crippen molar-refractivity contribution in [3.05, 3.63) is 24.3 Å². The number of rotatable bonds is 6. The van der Waals surface area contributed by atoms with Crippen LogP contribution in [-0.2, 0) is 11.3 Å². The van der Waals surface area contributed by atoms with E-state index in [1.165, 1.54) is 17.6 Å². The van der Waals surface area contributed by atoms with Crippen molar-refractivity contribution >= 4 is 23.4 Å². The van der Waals surface area contributed by atoms with Gasteiger partial charge in [0.2, 0.25) is 0 Å². The van der Waals surface area contributed by atoms with E-state index in [1.54, 1.807) is 7.11 Å². The smallest absolute Gasteiger partial charge is 0.191 e. The highest BCUT2D eigenvalue weighted by Crippen LogP contribution is 2.30. The topological polar surface area (TPSA) is 82.1 Å². The van der Waals surface area contributed by atoms with Gasteiger partial charge in [-0.05, 0) is 19.1 Å². The van der Waals surface area contributed by atoms with Gasteiger partial charge in [0, 0.05) is 51.1 Å². The predicted octanol–water partition coefficient (Wildman–Crippen LogP) is 2.01. The van der Waals surface area contributed by atoms with Gasteiger partial charge in [0.1, 0.15) is 17.5 Å². The lowest BCUT2D eigenvalue weighted by Crippen LogP contribution is -2.34. The molecule has 3 heterocycles. The van der Waals surface area contributed by atoms with Crippen molar-refractivity contribution in [2.45, 2.75) is 30.5 Å². The molecule has 0 saturated carbocycles. The molecule has 0 atom stereocenters. The fourth-order valence-corrected chi connectivity index (χ4v) is 3.49. The average molecular weight is 348 g/mol. The standard InChI is InChI=1S/C16H24N6OS/c1-23-10-9-22-8-5-18-15(22)12-3-6-21(7-4-12)14-11-13(17)19-16(20-14)24-2/h5,8,11-12H,3-4,6-7,9-10H2,1-2H3,(H2,17,19,20). The summed E-state index contributed by atoms with van der Waals surface area (Å²) in [5.74, 6) is 3.10. The molecule has 130 valence electrons. The van der Waals surface area contributed by atoms with E-state index < -0.39 is 0 Å². The molecule has 1 fully saturated rings. The quantitative estimate of drug-likeness (QED) is 0.631. The van der Waals surface area contributed by atoms with Crippen LogP contribution in [0, 0.1) is 0 Å². The van der Waals surface area contributed by atoms with Gasteiger partial charge in [0.05, 0.1) is 6.61 Å². The van der Waals surface area contributed by atoms with Crippen LogP contribution in [0.5, 0.6) is 0 Å². The van der Waals surface area contributed by atoms with Crippen LogP contribution in [-0.4, -0.2) is 52.6 Å². The summed E-state index contributed by atoms with van der Waals surface area (Å²) in [6.07, 6.45) is 8.00. The number of aromatic nitrogens is 4. The third-order valence-electron chi connectivity index (χ3n) is 4.36. The fraction of sp³-hybridized carbons (Fsp3) is 0.562. The largest absolute Gasteiger partial charge is 0.383 e. The number of hydrogen-bond donors (Lipinski definition) is 1. The second-order valence-corrected chi connectivity index (χ2v) is 6.64. The summed E-state index contributed by atoms with van der Waals surface area (Å²) in [6.45, 7) is 3.46. The van der Waals surface area contributed by atoms with E-state index in [1.807, 2.05) is 24.7 Å². The van der Waals surface area contributed by atoms with E-state index in [0.29, 0.717) is 18.3 Å². The molecule has 2 N–H and O–H groups in total. The molecule has 0 bridgehead atoms. The number of thioether (sulfide) groups is 1. The second-order valence-electron chi connectivity index (χ2n) is 5.87. The van der Waals surface area contributed by atoms with E-state index in [2.05, 4.69) is 24.4 Å². The van der Waals surface area contributed by atoms with Gasteiger partial charge in [-0.25, -0.2) is 15.0 Å². The fourth-order valence-electron chi connectivity index (χ4n) is 3.11. The summed E-state index contributed by atoms with van der Waals surface area (Å²) in [5, 5.41) is 0.724. The highest BCUT2D eigenvalue weighted by atomic mass is 32.2. The lowest BCUT2D eigenvalue weighted by Gasteiger charge is -2.32. The van der Waals surface area contributed by atoms with Gasteiger partial charge in [-0.2, -0.15) is 0 Å². The van der Waals surface area contributed by atoms with Crippen LogP contribution < -0.4 is 10.6 Å². The molecule has 1 aliphatic heterocycles. The molecule has 2 aromatic heterocycles. The molecule has 0 aliphatic carbocycles. The van der Waals surface area contributed by atoms with Crippen molar-refractivity contribution in [3.63, 3.8) is 0 Å². The van der Waals surface area contributed by atoms with Crippen LogP contribution >= 0.6 is 11.8 Å². The maximum absolute atomic E-state index is 5.90. The lowest BCUT2D eigenvalue weighted by atomic mass is 9.96. The van der Waals surface area contributed by atoms with Crippen LogP contribution in [0.2, 0.25) is 0 Å². The molecule has 0 aromatic carbocycles. The number of nitrogens with two attached hydrogens (primary N) is 1. The summed E-state index contributed by atoms with van der Waals surface area (Å²) in [7, 11) is 1.73. The molecule has 0 spiro atoms. The van der Waals surface area contributed by atoms with Crippen LogP contribution in [0.15, 0.2) is 23.6 Å². The first-order chi connectivity index (χ1) is 11.7. The SMILES string of the molecule is COCCn1ccnc1C1CCN(c2cc(N)nc(SC)n2)CC1. The van der Waals surface area contributed by atoms with Gasteiger partial charge >= 0.3 is 0 Å². The Morgan fingerprint density at radius 3 is 2.83 bits per heavy atom.